The van der Waals surface area contributed by atoms with Crippen LogP contribution in [0, 0.1) is 0 Å². The van der Waals surface area contributed by atoms with Gasteiger partial charge in [0.1, 0.15) is 11.5 Å². The van der Waals surface area contributed by atoms with Gasteiger partial charge in [0.25, 0.3) is 0 Å². The molecule has 6 heteroatoms. The van der Waals surface area contributed by atoms with Gasteiger partial charge in [-0.05, 0) is 23.6 Å². The number of hydrogen-bond donors (Lipinski definition) is 1. The molecule has 2 aromatic carbocycles. The van der Waals surface area contributed by atoms with Crippen LogP contribution < -0.4 is 14.8 Å². The minimum Gasteiger partial charge on any atom is -0.497 e. The van der Waals surface area contributed by atoms with E-state index in [0.29, 0.717) is 41.2 Å². The van der Waals surface area contributed by atoms with Gasteiger partial charge in [-0.25, -0.2) is 4.98 Å². The van der Waals surface area contributed by atoms with Crippen LogP contribution in [0.2, 0.25) is 0 Å². The van der Waals surface area contributed by atoms with Crippen LogP contribution in [0.1, 0.15) is 37.6 Å². The number of carbonyl (C=O) groups is 1. The lowest BCUT2D eigenvalue weighted by Gasteiger charge is -2.11. The van der Waals surface area contributed by atoms with Crippen LogP contribution >= 0.6 is 0 Å². The molecule has 1 aromatic heterocycles. The van der Waals surface area contributed by atoms with Gasteiger partial charge >= 0.3 is 0 Å². The molecule has 0 spiro atoms. The molecule has 0 radical (unpaired) electrons. The minimum absolute atomic E-state index is 0.144. The second-order valence-corrected chi connectivity index (χ2v) is 7.01. The Morgan fingerprint density at radius 3 is 2.52 bits per heavy atom. The van der Waals surface area contributed by atoms with Crippen LogP contribution in [-0.2, 0) is 11.2 Å². The van der Waals surface area contributed by atoms with E-state index in [1.165, 1.54) is 5.56 Å². The number of amides is 1. The monoisotopic (exact) mass is 394 g/mol. The normalized spacial score (nSPS) is 10.8. The standard InChI is InChI=1S/C23H26N2O4/c1-15(2)16-5-7-17(8-6-16)21-14-24-23(29-21)12-11-22(26)25-19-10-9-18(27-3)13-20(19)28-4/h5-10,13-15H,11-12H2,1-4H3,(H,25,26). The van der Waals surface area contributed by atoms with Gasteiger partial charge in [0, 0.05) is 24.5 Å². The third-order valence-electron chi connectivity index (χ3n) is 4.66. The summed E-state index contributed by atoms with van der Waals surface area (Å²) >= 11 is 0. The number of nitrogens with one attached hydrogen (secondary N) is 1. The Bertz CT molecular complexity index is 961. The smallest absolute Gasteiger partial charge is 0.224 e. The molecule has 152 valence electrons. The Morgan fingerprint density at radius 1 is 1.10 bits per heavy atom. The SMILES string of the molecule is COc1ccc(NC(=O)CCc2ncc(-c3ccc(C(C)C)cc3)o2)c(OC)c1. The lowest BCUT2D eigenvalue weighted by atomic mass is 10.0. The molecule has 0 aliphatic heterocycles. The van der Waals surface area contributed by atoms with E-state index >= 15 is 0 Å². The lowest BCUT2D eigenvalue weighted by molar-refractivity contribution is -0.116. The van der Waals surface area contributed by atoms with Crippen molar-refractivity contribution in [1.82, 2.24) is 4.98 Å². The van der Waals surface area contributed by atoms with Gasteiger partial charge in [-0.3, -0.25) is 4.79 Å². The predicted octanol–water partition coefficient (Wildman–Crippen LogP) is 5.05. The molecule has 1 heterocycles. The maximum Gasteiger partial charge on any atom is 0.224 e. The Hall–Kier alpha value is -3.28. The molecule has 0 aliphatic carbocycles. The predicted molar refractivity (Wildman–Crippen MR) is 113 cm³/mol. The second kappa shape index (κ2) is 9.28. The highest BCUT2D eigenvalue weighted by Gasteiger charge is 2.12. The highest BCUT2D eigenvalue weighted by atomic mass is 16.5. The van der Waals surface area contributed by atoms with Gasteiger partial charge < -0.3 is 19.2 Å². The molecule has 1 N–H and O–H groups in total. The highest BCUT2D eigenvalue weighted by molar-refractivity contribution is 5.92. The second-order valence-electron chi connectivity index (χ2n) is 7.01. The Kier molecular flexibility index (Phi) is 6.54. The maximum absolute atomic E-state index is 12.3. The van der Waals surface area contributed by atoms with E-state index in [1.807, 2.05) is 12.1 Å². The van der Waals surface area contributed by atoms with Crippen molar-refractivity contribution in [2.24, 2.45) is 0 Å². The molecular formula is C23H26N2O4. The molecule has 0 aliphatic rings. The largest absolute Gasteiger partial charge is 0.497 e. The van der Waals surface area contributed by atoms with E-state index in [0.717, 1.165) is 5.56 Å². The average Bonchev–Trinajstić information content (AvgIpc) is 3.21. The number of aromatic nitrogens is 1. The molecule has 0 saturated carbocycles. The van der Waals surface area contributed by atoms with E-state index < -0.39 is 0 Å². The zero-order chi connectivity index (χ0) is 20.8. The first-order valence-corrected chi connectivity index (χ1v) is 9.57. The highest BCUT2D eigenvalue weighted by Crippen LogP contribution is 2.29. The number of rotatable bonds is 8. The van der Waals surface area contributed by atoms with Crippen LogP contribution in [0.3, 0.4) is 0 Å². The quantitative estimate of drug-likeness (QED) is 0.578. The van der Waals surface area contributed by atoms with Crippen LogP contribution in [0.4, 0.5) is 5.69 Å². The number of carbonyl (C=O) groups excluding carboxylic acids is 1. The Balaban J connectivity index is 1.59. The zero-order valence-corrected chi connectivity index (χ0v) is 17.2. The van der Waals surface area contributed by atoms with Crippen molar-refractivity contribution in [3.05, 3.63) is 60.1 Å². The fourth-order valence-corrected chi connectivity index (χ4v) is 2.93. The first-order chi connectivity index (χ1) is 14.0. The number of aryl methyl sites for hydroxylation is 1. The number of benzene rings is 2. The van der Waals surface area contributed by atoms with Crippen LogP contribution in [-0.4, -0.2) is 25.1 Å². The maximum atomic E-state index is 12.3. The third kappa shape index (κ3) is 5.16. The summed E-state index contributed by atoms with van der Waals surface area (Å²) < 4.78 is 16.3. The number of ether oxygens (including phenoxy) is 2. The van der Waals surface area contributed by atoms with Gasteiger partial charge in [-0.15, -0.1) is 0 Å². The molecule has 6 nitrogen and oxygen atoms in total. The molecular weight excluding hydrogens is 368 g/mol. The summed E-state index contributed by atoms with van der Waals surface area (Å²) in [6, 6.07) is 13.5. The number of oxazole rings is 1. The first kappa shape index (κ1) is 20.5. The molecule has 3 aromatic rings. The van der Waals surface area contributed by atoms with E-state index in [-0.39, 0.29) is 12.3 Å². The third-order valence-corrected chi connectivity index (χ3v) is 4.66. The van der Waals surface area contributed by atoms with Crippen LogP contribution in [0.15, 0.2) is 53.1 Å². The number of methoxy groups -OCH3 is 2. The van der Waals surface area contributed by atoms with Crippen molar-refractivity contribution in [1.29, 1.82) is 0 Å². The van der Waals surface area contributed by atoms with Gasteiger partial charge in [0.2, 0.25) is 5.91 Å². The molecule has 0 bridgehead atoms. The average molecular weight is 394 g/mol. The summed E-state index contributed by atoms with van der Waals surface area (Å²) in [6.45, 7) is 4.32. The summed E-state index contributed by atoms with van der Waals surface area (Å²) in [6.07, 6.45) is 2.36. The molecule has 0 atom stereocenters. The Morgan fingerprint density at radius 2 is 1.86 bits per heavy atom. The fourth-order valence-electron chi connectivity index (χ4n) is 2.93. The van der Waals surface area contributed by atoms with Crippen molar-refractivity contribution >= 4 is 11.6 Å². The number of nitrogens with zero attached hydrogens (tertiary/aromatic N) is 1. The summed E-state index contributed by atoms with van der Waals surface area (Å²) in [5.41, 5.74) is 2.84. The van der Waals surface area contributed by atoms with Gasteiger partial charge in [-0.2, -0.15) is 0 Å². The van der Waals surface area contributed by atoms with Gasteiger partial charge in [0.15, 0.2) is 11.7 Å². The van der Waals surface area contributed by atoms with E-state index in [4.69, 9.17) is 13.9 Å². The van der Waals surface area contributed by atoms with E-state index in [2.05, 4.69) is 36.3 Å². The minimum atomic E-state index is -0.144. The van der Waals surface area contributed by atoms with E-state index in [9.17, 15) is 4.79 Å². The van der Waals surface area contributed by atoms with Crippen LogP contribution in [0.25, 0.3) is 11.3 Å². The molecule has 0 fully saturated rings. The number of anilines is 1. The molecule has 0 unspecified atom stereocenters. The molecule has 3 rings (SSSR count). The lowest BCUT2D eigenvalue weighted by Crippen LogP contribution is -2.13. The van der Waals surface area contributed by atoms with Crippen LogP contribution in [0.5, 0.6) is 11.5 Å². The van der Waals surface area contributed by atoms with E-state index in [1.54, 1.807) is 38.6 Å². The molecule has 29 heavy (non-hydrogen) atoms. The molecule has 1 amide bonds. The summed E-state index contributed by atoms with van der Waals surface area (Å²) in [5, 5.41) is 2.85. The van der Waals surface area contributed by atoms with Gasteiger partial charge in [0.05, 0.1) is 26.1 Å². The van der Waals surface area contributed by atoms with Crippen molar-refractivity contribution < 1.29 is 18.7 Å². The van der Waals surface area contributed by atoms with Gasteiger partial charge in [-0.1, -0.05) is 38.1 Å². The van der Waals surface area contributed by atoms with Crippen molar-refractivity contribution in [2.75, 3.05) is 19.5 Å². The first-order valence-electron chi connectivity index (χ1n) is 9.57. The van der Waals surface area contributed by atoms with Crippen molar-refractivity contribution in [3.63, 3.8) is 0 Å². The fraction of sp³-hybridized carbons (Fsp3) is 0.304. The molecule has 0 saturated heterocycles. The topological polar surface area (TPSA) is 73.6 Å². The Labute approximate surface area is 170 Å². The summed E-state index contributed by atoms with van der Waals surface area (Å²) in [5.74, 6) is 2.78. The summed E-state index contributed by atoms with van der Waals surface area (Å²) in [7, 11) is 3.13. The number of hydrogen-bond acceptors (Lipinski definition) is 5. The van der Waals surface area contributed by atoms with Crippen molar-refractivity contribution in [3.8, 4) is 22.8 Å². The zero-order valence-electron chi connectivity index (χ0n) is 17.2. The summed E-state index contributed by atoms with van der Waals surface area (Å²) in [4.78, 5) is 16.6. The van der Waals surface area contributed by atoms with Crippen molar-refractivity contribution in [2.45, 2.75) is 32.6 Å².